The van der Waals surface area contributed by atoms with Gasteiger partial charge >= 0.3 is 0 Å². The van der Waals surface area contributed by atoms with Crippen molar-refractivity contribution < 1.29 is 17.9 Å². The molecule has 0 saturated heterocycles. The lowest BCUT2D eigenvalue weighted by atomic mass is 10.1. The lowest BCUT2D eigenvalue weighted by Crippen LogP contribution is -2.15. The van der Waals surface area contributed by atoms with E-state index in [9.17, 15) is 13.2 Å². The number of ether oxygens (including phenoxy) is 1. The summed E-state index contributed by atoms with van der Waals surface area (Å²) >= 11 is 0. The first kappa shape index (κ1) is 23.1. The maximum atomic E-state index is 12.8. The van der Waals surface area contributed by atoms with Crippen molar-refractivity contribution in [1.29, 1.82) is 0 Å². The summed E-state index contributed by atoms with van der Waals surface area (Å²) in [5.41, 5.74) is 2.26. The van der Waals surface area contributed by atoms with Gasteiger partial charge in [0.1, 0.15) is 5.75 Å². The number of amides is 1. The van der Waals surface area contributed by atoms with Crippen molar-refractivity contribution in [2.45, 2.75) is 18.4 Å². The Balaban J connectivity index is 1.45. The van der Waals surface area contributed by atoms with E-state index in [1.165, 1.54) is 18.2 Å². The summed E-state index contributed by atoms with van der Waals surface area (Å²) in [7, 11) is -3.82. The van der Waals surface area contributed by atoms with E-state index in [-0.39, 0.29) is 16.5 Å². The molecule has 3 aromatic carbocycles. The highest BCUT2D eigenvalue weighted by Crippen LogP contribution is 2.21. The van der Waals surface area contributed by atoms with Crippen LogP contribution in [0.3, 0.4) is 0 Å². The first-order chi connectivity index (χ1) is 16.4. The number of hydrogen-bond donors (Lipinski definition) is 2. The molecule has 0 saturated carbocycles. The molecule has 0 radical (unpaired) electrons. The molecule has 4 aromatic rings. The number of sulfonamides is 1. The second-order valence-electron chi connectivity index (χ2n) is 7.48. The van der Waals surface area contributed by atoms with Crippen LogP contribution in [0.2, 0.25) is 0 Å². The van der Waals surface area contributed by atoms with Crippen LogP contribution in [0.5, 0.6) is 5.75 Å². The van der Waals surface area contributed by atoms with Gasteiger partial charge in [0.15, 0.2) is 0 Å². The quantitative estimate of drug-likeness (QED) is 0.373. The van der Waals surface area contributed by atoms with Gasteiger partial charge in [-0.25, -0.2) is 13.4 Å². The van der Waals surface area contributed by atoms with Crippen molar-refractivity contribution in [3.8, 4) is 5.75 Å². The smallest absolute Gasteiger partial charge is 0.261 e. The average Bonchev–Trinajstić information content (AvgIpc) is 3.33. The zero-order valence-corrected chi connectivity index (χ0v) is 19.3. The van der Waals surface area contributed by atoms with Gasteiger partial charge in [-0.1, -0.05) is 18.2 Å². The molecule has 0 aliphatic carbocycles. The molecule has 0 fully saturated rings. The Hall–Kier alpha value is -4.11. The number of benzene rings is 3. The zero-order chi connectivity index (χ0) is 24.0. The molecular formula is C25H24N4O4S. The van der Waals surface area contributed by atoms with E-state index in [1.54, 1.807) is 48.9 Å². The molecule has 1 amide bonds. The monoisotopic (exact) mass is 476 g/mol. The second kappa shape index (κ2) is 10.2. The highest BCUT2D eigenvalue weighted by atomic mass is 32.2. The number of anilines is 2. The Kier molecular flexibility index (Phi) is 6.93. The minimum absolute atomic E-state index is 0.0977. The Morgan fingerprint density at radius 2 is 1.76 bits per heavy atom. The zero-order valence-electron chi connectivity index (χ0n) is 18.5. The molecule has 0 aliphatic heterocycles. The van der Waals surface area contributed by atoms with Crippen molar-refractivity contribution in [2.75, 3.05) is 16.6 Å². The lowest BCUT2D eigenvalue weighted by Gasteiger charge is -2.11. The number of nitrogens with zero attached hydrogens (tertiary/aromatic N) is 2. The van der Waals surface area contributed by atoms with Crippen LogP contribution >= 0.6 is 0 Å². The van der Waals surface area contributed by atoms with Crippen LogP contribution in [0.15, 0.2) is 96.4 Å². The first-order valence-corrected chi connectivity index (χ1v) is 12.1. The van der Waals surface area contributed by atoms with Gasteiger partial charge in [0.25, 0.3) is 15.9 Å². The van der Waals surface area contributed by atoms with Gasteiger partial charge in [-0.15, -0.1) is 0 Å². The first-order valence-electron chi connectivity index (χ1n) is 10.6. The fourth-order valence-corrected chi connectivity index (χ4v) is 4.41. The van der Waals surface area contributed by atoms with Crippen molar-refractivity contribution >= 4 is 27.3 Å². The van der Waals surface area contributed by atoms with E-state index in [4.69, 9.17) is 4.74 Å². The molecule has 0 bridgehead atoms. The van der Waals surface area contributed by atoms with Crippen molar-refractivity contribution in [1.82, 2.24) is 9.55 Å². The van der Waals surface area contributed by atoms with Gasteiger partial charge in [-0.05, 0) is 67.1 Å². The summed E-state index contributed by atoms with van der Waals surface area (Å²) in [6.45, 7) is 2.98. The highest BCUT2D eigenvalue weighted by Gasteiger charge is 2.15. The average molecular weight is 477 g/mol. The summed E-state index contributed by atoms with van der Waals surface area (Å²) in [6, 6.07) is 20.0. The predicted molar refractivity (Wildman–Crippen MR) is 131 cm³/mol. The van der Waals surface area contributed by atoms with Crippen LogP contribution in [0, 0.1) is 0 Å². The van der Waals surface area contributed by atoms with Crippen LogP contribution in [0.25, 0.3) is 0 Å². The molecule has 0 spiro atoms. The Labute approximate surface area is 198 Å². The van der Waals surface area contributed by atoms with E-state index in [1.807, 2.05) is 35.9 Å². The number of aromatic nitrogens is 2. The van der Waals surface area contributed by atoms with Gasteiger partial charge in [-0.3, -0.25) is 9.52 Å². The van der Waals surface area contributed by atoms with Crippen LogP contribution in [-0.4, -0.2) is 30.5 Å². The molecule has 2 N–H and O–H groups in total. The molecular weight excluding hydrogens is 452 g/mol. The van der Waals surface area contributed by atoms with Gasteiger partial charge < -0.3 is 14.6 Å². The largest absolute Gasteiger partial charge is 0.494 e. The van der Waals surface area contributed by atoms with E-state index in [2.05, 4.69) is 15.0 Å². The maximum Gasteiger partial charge on any atom is 0.261 e. The number of carbonyl (C=O) groups excluding carboxylic acids is 1. The van der Waals surface area contributed by atoms with Gasteiger partial charge in [0.2, 0.25) is 0 Å². The molecule has 174 valence electrons. The minimum Gasteiger partial charge on any atom is -0.494 e. The molecule has 8 nitrogen and oxygen atoms in total. The summed E-state index contributed by atoms with van der Waals surface area (Å²) in [4.78, 5) is 16.9. The van der Waals surface area contributed by atoms with E-state index >= 15 is 0 Å². The molecule has 0 atom stereocenters. The van der Waals surface area contributed by atoms with Crippen molar-refractivity contribution in [3.05, 3.63) is 103 Å². The molecule has 1 aromatic heterocycles. The van der Waals surface area contributed by atoms with E-state index in [0.29, 0.717) is 30.2 Å². The van der Waals surface area contributed by atoms with Crippen LogP contribution in [0.4, 0.5) is 11.4 Å². The summed E-state index contributed by atoms with van der Waals surface area (Å²) in [5.74, 6) is 0.246. The van der Waals surface area contributed by atoms with Gasteiger partial charge in [0.05, 0.1) is 17.8 Å². The summed E-state index contributed by atoms with van der Waals surface area (Å²) < 4.78 is 35.3. The maximum absolute atomic E-state index is 12.8. The predicted octanol–water partition coefficient (Wildman–Crippen LogP) is 4.38. The van der Waals surface area contributed by atoms with Crippen molar-refractivity contribution in [3.63, 3.8) is 0 Å². The lowest BCUT2D eigenvalue weighted by molar-refractivity contribution is 0.102. The summed E-state index contributed by atoms with van der Waals surface area (Å²) in [6.07, 6.45) is 5.30. The van der Waals surface area contributed by atoms with E-state index in [0.717, 1.165) is 5.56 Å². The third kappa shape index (κ3) is 5.81. The molecule has 9 heteroatoms. The number of carbonyl (C=O) groups is 1. The standard InChI is InChI=1S/C25H24N4O4S/c1-2-33-23-9-11-24(12-10-23)34(31,32)28-22-8-4-6-20(16-22)25(30)27-21-7-3-5-19(15-21)17-29-14-13-26-18-29/h3-16,18,28H,2,17H2,1H3,(H,27,30). The number of nitrogens with one attached hydrogen (secondary N) is 2. The molecule has 4 rings (SSSR count). The van der Waals surface area contributed by atoms with Gasteiger partial charge in [-0.2, -0.15) is 0 Å². The molecule has 34 heavy (non-hydrogen) atoms. The van der Waals surface area contributed by atoms with Crippen LogP contribution in [-0.2, 0) is 16.6 Å². The molecule has 0 unspecified atom stereocenters. The van der Waals surface area contributed by atoms with Crippen molar-refractivity contribution in [2.24, 2.45) is 0 Å². The third-order valence-electron chi connectivity index (χ3n) is 4.93. The topological polar surface area (TPSA) is 102 Å². The highest BCUT2D eigenvalue weighted by molar-refractivity contribution is 7.92. The van der Waals surface area contributed by atoms with Gasteiger partial charge in [0, 0.05) is 35.9 Å². The summed E-state index contributed by atoms with van der Waals surface area (Å²) in [5, 5.41) is 2.86. The molecule has 0 aliphatic rings. The normalized spacial score (nSPS) is 11.1. The molecule has 1 heterocycles. The minimum atomic E-state index is -3.82. The number of hydrogen-bond acceptors (Lipinski definition) is 5. The second-order valence-corrected chi connectivity index (χ2v) is 9.16. The third-order valence-corrected chi connectivity index (χ3v) is 6.33. The van der Waals surface area contributed by atoms with Crippen LogP contribution in [0.1, 0.15) is 22.8 Å². The number of rotatable bonds is 9. The fourth-order valence-electron chi connectivity index (χ4n) is 3.36. The SMILES string of the molecule is CCOc1ccc(S(=O)(=O)Nc2cccc(C(=O)Nc3cccc(Cn4ccnc4)c3)c2)cc1. The Bertz CT molecular complexity index is 1370. The fraction of sp³-hybridized carbons (Fsp3) is 0.120. The Morgan fingerprint density at radius 1 is 1.00 bits per heavy atom. The number of imidazole rings is 1. The van der Waals surface area contributed by atoms with E-state index < -0.39 is 10.0 Å². The van der Waals surface area contributed by atoms with Crippen LogP contribution < -0.4 is 14.8 Å². The Morgan fingerprint density at radius 3 is 2.50 bits per heavy atom.